The Morgan fingerprint density at radius 2 is 2.07 bits per heavy atom. The van der Waals surface area contributed by atoms with Gasteiger partial charge in [-0.3, -0.25) is 4.79 Å². The van der Waals surface area contributed by atoms with Gasteiger partial charge in [0.25, 0.3) is 0 Å². The summed E-state index contributed by atoms with van der Waals surface area (Å²) in [6, 6.07) is 7.87. The molecule has 0 aliphatic heterocycles. The van der Waals surface area contributed by atoms with Gasteiger partial charge in [0, 0.05) is 17.0 Å². The van der Waals surface area contributed by atoms with Crippen molar-refractivity contribution in [3.05, 3.63) is 29.1 Å². The molecule has 0 radical (unpaired) electrons. The Balaban J connectivity index is 2.78. The van der Waals surface area contributed by atoms with Gasteiger partial charge in [-0.2, -0.15) is 0 Å². The summed E-state index contributed by atoms with van der Waals surface area (Å²) in [6.07, 6.45) is 0. The Bertz CT molecular complexity index is 485. The molecule has 0 unspecified atom stereocenters. The molecule has 14 heavy (non-hydrogen) atoms. The smallest absolute Gasteiger partial charge is 0.173 e. The molecule has 1 aromatic heterocycles. The van der Waals surface area contributed by atoms with Crippen LogP contribution in [0.15, 0.2) is 24.3 Å². The summed E-state index contributed by atoms with van der Waals surface area (Å²) in [4.78, 5) is 12.0. The molecule has 72 valence electrons. The third-order valence-electron chi connectivity index (χ3n) is 2.07. The maximum atomic E-state index is 11.3. The summed E-state index contributed by atoms with van der Waals surface area (Å²) >= 11 is 1.48. The molecule has 0 aliphatic carbocycles. The Morgan fingerprint density at radius 3 is 2.71 bits per heavy atom. The molecule has 0 saturated carbocycles. The van der Waals surface area contributed by atoms with Gasteiger partial charge in [-0.15, -0.1) is 11.3 Å². The van der Waals surface area contributed by atoms with E-state index < -0.39 is 0 Å². The van der Waals surface area contributed by atoms with Crippen LogP contribution in [0.5, 0.6) is 5.75 Å². The number of rotatable bonds is 2. The van der Waals surface area contributed by atoms with Crippen molar-refractivity contribution in [3.63, 3.8) is 0 Å². The minimum atomic E-state index is 0.0584. The van der Waals surface area contributed by atoms with Crippen molar-refractivity contribution in [2.75, 3.05) is 7.11 Å². The molecule has 0 aliphatic rings. The Labute approximate surface area is 86.1 Å². The van der Waals surface area contributed by atoms with Crippen molar-refractivity contribution < 1.29 is 9.53 Å². The molecule has 3 heteroatoms. The van der Waals surface area contributed by atoms with Crippen LogP contribution in [0.3, 0.4) is 0 Å². The first-order valence-electron chi connectivity index (χ1n) is 4.30. The highest BCUT2D eigenvalue weighted by atomic mass is 32.1. The third kappa shape index (κ3) is 1.30. The molecular formula is C11H10O2S. The largest absolute Gasteiger partial charge is 0.494 e. The summed E-state index contributed by atoms with van der Waals surface area (Å²) in [5.41, 5.74) is 0. The minimum absolute atomic E-state index is 0.0584. The minimum Gasteiger partial charge on any atom is -0.494 e. The maximum Gasteiger partial charge on any atom is 0.173 e. The Morgan fingerprint density at radius 1 is 1.36 bits per heavy atom. The number of carbonyl (C=O) groups is 1. The highest BCUT2D eigenvalue weighted by Crippen LogP contribution is 2.37. The number of hydrogen-bond donors (Lipinski definition) is 0. The van der Waals surface area contributed by atoms with Gasteiger partial charge >= 0.3 is 0 Å². The second-order valence-corrected chi connectivity index (χ2v) is 4.07. The number of fused-ring (bicyclic) bond motifs is 1. The van der Waals surface area contributed by atoms with Crippen molar-refractivity contribution >= 4 is 27.2 Å². The summed E-state index contributed by atoms with van der Waals surface area (Å²) in [5, 5.41) is 1.02. The molecule has 0 fully saturated rings. The number of methoxy groups -OCH3 is 1. The lowest BCUT2D eigenvalue weighted by atomic mass is 10.2. The molecule has 2 aromatic rings. The van der Waals surface area contributed by atoms with Gasteiger partial charge in [0.2, 0.25) is 0 Å². The van der Waals surface area contributed by atoms with Crippen molar-refractivity contribution in [1.82, 2.24) is 0 Å². The summed E-state index contributed by atoms with van der Waals surface area (Å²) < 4.78 is 6.34. The van der Waals surface area contributed by atoms with E-state index in [1.54, 1.807) is 14.0 Å². The lowest BCUT2D eigenvalue weighted by Crippen LogP contribution is -1.91. The number of Topliss-reactive ketones (excluding diaryl/α,β-unsaturated/α-hetero) is 1. The first kappa shape index (κ1) is 9.21. The van der Waals surface area contributed by atoms with Crippen molar-refractivity contribution in [2.24, 2.45) is 0 Å². The molecule has 1 aromatic carbocycles. The molecule has 0 bridgehead atoms. The topological polar surface area (TPSA) is 26.3 Å². The number of ether oxygens (including phenoxy) is 1. The van der Waals surface area contributed by atoms with Crippen LogP contribution in [-0.2, 0) is 0 Å². The van der Waals surface area contributed by atoms with Gasteiger partial charge < -0.3 is 4.74 Å². The van der Waals surface area contributed by atoms with Gasteiger partial charge in [0.05, 0.1) is 7.11 Å². The number of thiophene rings is 1. The molecule has 2 rings (SSSR count). The highest BCUT2D eigenvalue weighted by Gasteiger charge is 2.15. The zero-order valence-electron chi connectivity index (χ0n) is 8.03. The van der Waals surface area contributed by atoms with E-state index in [0.29, 0.717) is 10.6 Å². The van der Waals surface area contributed by atoms with E-state index in [0.717, 1.165) is 10.1 Å². The van der Waals surface area contributed by atoms with Crippen molar-refractivity contribution in [2.45, 2.75) is 6.92 Å². The van der Waals surface area contributed by atoms with Gasteiger partial charge in [0.15, 0.2) is 5.78 Å². The first-order valence-corrected chi connectivity index (χ1v) is 5.12. The molecule has 2 nitrogen and oxygen atoms in total. The number of hydrogen-bond acceptors (Lipinski definition) is 3. The van der Waals surface area contributed by atoms with Crippen molar-refractivity contribution in [1.29, 1.82) is 0 Å². The second kappa shape index (κ2) is 3.42. The fourth-order valence-electron chi connectivity index (χ4n) is 1.46. The van der Waals surface area contributed by atoms with Crippen molar-refractivity contribution in [3.8, 4) is 5.75 Å². The maximum absolute atomic E-state index is 11.3. The average molecular weight is 206 g/mol. The van der Waals surface area contributed by atoms with Gasteiger partial charge in [-0.05, 0) is 12.1 Å². The Hall–Kier alpha value is -1.35. The van der Waals surface area contributed by atoms with E-state index in [2.05, 4.69) is 0 Å². The van der Waals surface area contributed by atoms with Gasteiger partial charge in [0.1, 0.15) is 10.6 Å². The van der Waals surface area contributed by atoms with Crippen LogP contribution in [0, 0.1) is 0 Å². The highest BCUT2D eigenvalue weighted by molar-refractivity contribution is 7.21. The predicted octanol–water partition coefficient (Wildman–Crippen LogP) is 3.11. The van der Waals surface area contributed by atoms with E-state index in [1.807, 2.05) is 24.3 Å². The number of ketones is 1. The van der Waals surface area contributed by atoms with Gasteiger partial charge in [-0.25, -0.2) is 0 Å². The summed E-state index contributed by atoms with van der Waals surface area (Å²) in [6.45, 7) is 1.56. The average Bonchev–Trinajstić information content (AvgIpc) is 2.56. The number of carbonyl (C=O) groups excluding carboxylic acids is 1. The molecule has 0 amide bonds. The van der Waals surface area contributed by atoms with Crippen LogP contribution in [0.4, 0.5) is 0 Å². The van der Waals surface area contributed by atoms with E-state index >= 15 is 0 Å². The van der Waals surface area contributed by atoms with Gasteiger partial charge in [-0.1, -0.05) is 12.1 Å². The predicted molar refractivity (Wildman–Crippen MR) is 58.4 cm³/mol. The molecule has 0 saturated heterocycles. The molecule has 1 heterocycles. The summed E-state index contributed by atoms with van der Waals surface area (Å²) in [5.74, 6) is 0.765. The third-order valence-corrected chi connectivity index (χ3v) is 3.33. The summed E-state index contributed by atoms with van der Waals surface area (Å²) in [7, 11) is 1.60. The molecule has 0 spiro atoms. The lowest BCUT2D eigenvalue weighted by Gasteiger charge is -1.98. The number of benzene rings is 1. The van der Waals surface area contributed by atoms with E-state index in [4.69, 9.17) is 4.74 Å². The zero-order chi connectivity index (χ0) is 10.1. The Kier molecular flexibility index (Phi) is 2.25. The second-order valence-electron chi connectivity index (χ2n) is 3.02. The van der Waals surface area contributed by atoms with Crippen LogP contribution in [0.25, 0.3) is 10.1 Å². The van der Waals surface area contributed by atoms with Crippen LogP contribution >= 0.6 is 11.3 Å². The molecular weight excluding hydrogens is 196 g/mol. The first-order chi connectivity index (χ1) is 6.74. The molecule has 0 atom stereocenters. The molecule has 0 N–H and O–H groups in total. The lowest BCUT2D eigenvalue weighted by molar-refractivity contribution is 0.101. The van der Waals surface area contributed by atoms with Crippen LogP contribution in [0.2, 0.25) is 0 Å². The SMILES string of the molecule is COc1c(C(C)=O)sc2ccccc12. The fraction of sp³-hybridized carbons (Fsp3) is 0.182. The standard InChI is InChI=1S/C11H10O2S/c1-7(12)11-10(13-2)8-5-3-4-6-9(8)14-11/h3-6H,1-2H3. The normalized spacial score (nSPS) is 10.4. The zero-order valence-corrected chi connectivity index (χ0v) is 8.85. The fourth-order valence-corrected chi connectivity index (χ4v) is 2.52. The van der Waals surface area contributed by atoms with Crippen LogP contribution < -0.4 is 4.74 Å². The van der Waals surface area contributed by atoms with E-state index in [1.165, 1.54) is 11.3 Å². The monoisotopic (exact) mass is 206 g/mol. The quantitative estimate of drug-likeness (QED) is 0.706. The van der Waals surface area contributed by atoms with E-state index in [-0.39, 0.29) is 5.78 Å². The van der Waals surface area contributed by atoms with Crippen LogP contribution in [0.1, 0.15) is 16.6 Å². The van der Waals surface area contributed by atoms with E-state index in [9.17, 15) is 4.79 Å². The van der Waals surface area contributed by atoms with Crippen LogP contribution in [-0.4, -0.2) is 12.9 Å².